The molecule has 5 nitrogen and oxygen atoms in total. The zero-order chi connectivity index (χ0) is 22.0. The predicted molar refractivity (Wildman–Crippen MR) is 123 cm³/mol. The Bertz CT molecular complexity index is 918. The molecule has 2 aromatic rings. The molecule has 0 radical (unpaired) electrons. The van der Waals surface area contributed by atoms with Crippen LogP contribution in [0.15, 0.2) is 30.5 Å². The summed E-state index contributed by atoms with van der Waals surface area (Å²) < 4.78 is 6.34. The van der Waals surface area contributed by atoms with Gasteiger partial charge in [0, 0.05) is 24.7 Å². The number of aromatic nitrogens is 1. The minimum Gasteiger partial charge on any atom is -0.490 e. The lowest BCUT2D eigenvalue weighted by atomic mass is 9.69. The summed E-state index contributed by atoms with van der Waals surface area (Å²) >= 11 is 0. The summed E-state index contributed by atoms with van der Waals surface area (Å²) in [5.41, 5.74) is 1.42. The normalized spacial score (nSPS) is 25.1. The maximum Gasteiger partial charge on any atom is 0.307 e. The van der Waals surface area contributed by atoms with Crippen LogP contribution in [0.5, 0.6) is 5.75 Å². The molecular weight excluding hydrogens is 388 g/mol. The Labute approximate surface area is 185 Å². The Morgan fingerprint density at radius 1 is 1.16 bits per heavy atom. The number of ether oxygens (including phenoxy) is 1. The first-order valence-electron chi connectivity index (χ1n) is 11.8. The second-order valence-corrected chi connectivity index (χ2v) is 10.2. The van der Waals surface area contributed by atoms with Crippen LogP contribution in [-0.2, 0) is 11.3 Å². The second-order valence-electron chi connectivity index (χ2n) is 10.2. The highest BCUT2D eigenvalue weighted by Crippen LogP contribution is 2.41. The summed E-state index contributed by atoms with van der Waals surface area (Å²) in [5.74, 6) is 0.800. The predicted octanol–water partition coefficient (Wildman–Crippen LogP) is 5.52. The van der Waals surface area contributed by atoms with E-state index in [1.54, 1.807) is 0 Å². The number of hydrogen-bond acceptors (Lipinski definition) is 4. The number of likely N-dealkylation sites (tertiary alicyclic amines) is 1. The molecule has 2 fully saturated rings. The maximum absolute atomic E-state index is 11.2. The Kier molecular flexibility index (Phi) is 6.52. The fourth-order valence-electron chi connectivity index (χ4n) is 5.18. The molecule has 1 N–H and O–H groups in total. The summed E-state index contributed by atoms with van der Waals surface area (Å²) in [6.45, 7) is 9.24. The van der Waals surface area contributed by atoms with Crippen LogP contribution < -0.4 is 4.74 Å². The minimum atomic E-state index is -0.691. The maximum atomic E-state index is 11.2. The number of pyridine rings is 1. The van der Waals surface area contributed by atoms with E-state index < -0.39 is 5.97 Å². The number of benzene rings is 1. The van der Waals surface area contributed by atoms with Gasteiger partial charge in [-0.15, -0.1) is 0 Å². The SMILES string of the molecule is CCC(C)(C)C1CCC(Oc2ccc3cc(CN4CCC(C(=O)O)C4)ncc3c2)CC1. The van der Waals surface area contributed by atoms with Gasteiger partial charge in [-0.05, 0) is 73.6 Å². The van der Waals surface area contributed by atoms with E-state index in [0.717, 1.165) is 53.9 Å². The Morgan fingerprint density at radius 3 is 2.61 bits per heavy atom. The average Bonchev–Trinajstić information content (AvgIpc) is 3.23. The van der Waals surface area contributed by atoms with Gasteiger partial charge >= 0.3 is 5.97 Å². The van der Waals surface area contributed by atoms with Crippen LogP contribution >= 0.6 is 0 Å². The first-order valence-corrected chi connectivity index (χ1v) is 11.8. The van der Waals surface area contributed by atoms with Crippen molar-refractivity contribution < 1.29 is 14.6 Å². The van der Waals surface area contributed by atoms with E-state index in [0.29, 0.717) is 24.6 Å². The number of carbonyl (C=O) groups is 1. The van der Waals surface area contributed by atoms with Crippen molar-refractivity contribution in [3.05, 3.63) is 36.2 Å². The second kappa shape index (κ2) is 9.15. The number of carboxylic acid groups (broad SMARTS) is 1. The van der Waals surface area contributed by atoms with Gasteiger partial charge in [-0.1, -0.05) is 33.3 Å². The van der Waals surface area contributed by atoms with E-state index in [9.17, 15) is 9.90 Å². The molecule has 168 valence electrons. The lowest BCUT2D eigenvalue weighted by molar-refractivity contribution is -0.141. The van der Waals surface area contributed by atoms with E-state index >= 15 is 0 Å². The standard InChI is InChI=1S/C26H36N2O3/c1-4-26(2,3)21-6-9-23(10-7-21)31-24-8-5-18-13-22(27-15-20(18)14-24)17-28-12-11-19(16-28)25(29)30/h5,8,13-15,19,21,23H,4,6-7,9-12,16-17H2,1-3H3,(H,29,30). The number of hydrogen-bond donors (Lipinski definition) is 1. The summed E-state index contributed by atoms with van der Waals surface area (Å²) in [6.07, 6.45) is 8.97. The van der Waals surface area contributed by atoms with Crippen molar-refractivity contribution in [2.75, 3.05) is 13.1 Å². The summed E-state index contributed by atoms with van der Waals surface area (Å²) in [6, 6.07) is 8.41. The molecule has 1 aromatic carbocycles. The molecule has 2 heterocycles. The number of fused-ring (bicyclic) bond motifs is 1. The van der Waals surface area contributed by atoms with Gasteiger partial charge in [0.15, 0.2) is 0 Å². The van der Waals surface area contributed by atoms with Crippen molar-refractivity contribution in [2.45, 2.75) is 71.9 Å². The zero-order valence-electron chi connectivity index (χ0n) is 19.1. The molecule has 1 unspecified atom stereocenters. The molecule has 1 saturated carbocycles. The van der Waals surface area contributed by atoms with E-state index in [4.69, 9.17) is 4.74 Å². The number of aliphatic carboxylic acids is 1. The van der Waals surface area contributed by atoms with Gasteiger partial charge in [0.2, 0.25) is 0 Å². The van der Waals surface area contributed by atoms with Crippen LogP contribution in [0.1, 0.15) is 65.0 Å². The minimum absolute atomic E-state index is 0.247. The van der Waals surface area contributed by atoms with Gasteiger partial charge in [0.05, 0.1) is 17.7 Å². The Morgan fingerprint density at radius 2 is 1.94 bits per heavy atom. The third kappa shape index (κ3) is 5.20. The molecule has 1 aliphatic carbocycles. The van der Waals surface area contributed by atoms with E-state index in [2.05, 4.69) is 54.9 Å². The summed E-state index contributed by atoms with van der Waals surface area (Å²) in [4.78, 5) is 18.0. The van der Waals surface area contributed by atoms with Crippen molar-refractivity contribution in [3.8, 4) is 5.75 Å². The first-order chi connectivity index (χ1) is 14.8. The number of nitrogens with zero attached hydrogens (tertiary/aromatic N) is 2. The highest BCUT2D eigenvalue weighted by atomic mass is 16.5. The molecule has 1 aliphatic heterocycles. The largest absolute Gasteiger partial charge is 0.490 e. The van der Waals surface area contributed by atoms with Crippen LogP contribution in [0.4, 0.5) is 0 Å². The van der Waals surface area contributed by atoms with Gasteiger partial charge < -0.3 is 9.84 Å². The lowest BCUT2D eigenvalue weighted by Gasteiger charge is -2.38. The highest BCUT2D eigenvalue weighted by Gasteiger charge is 2.32. The van der Waals surface area contributed by atoms with Gasteiger partial charge in [0.25, 0.3) is 0 Å². The summed E-state index contributed by atoms with van der Waals surface area (Å²) in [5, 5.41) is 11.4. The molecule has 0 bridgehead atoms. The van der Waals surface area contributed by atoms with Gasteiger partial charge in [0.1, 0.15) is 5.75 Å². The highest BCUT2D eigenvalue weighted by molar-refractivity contribution is 5.83. The van der Waals surface area contributed by atoms with Crippen molar-refractivity contribution in [1.29, 1.82) is 0 Å². The Hall–Kier alpha value is -2.14. The third-order valence-corrected chi connectivity index (χ3v) is 7.75. The smallest absolute Gasteiger partial charge is 0.307 e. The first kappa shape index (κ1) is 22.1. The number of carboxylic acids is 1. The molecule has 5 heteroatoms. The van der Waals surface area contributed by atoms with E-state index in [1.165, 1.54) is 19.3 Å². The molecule has 31 heavy (non-hydrogen) atoms. The lowest BCUT2D eigenvalue weighted by Crippen LogP contribution is -2.31. The van der Waals surface area contributed by atoms with Crippen LogP contribution in [0.3, 0.4) is 0 Å². The molecule has 1 saturated heterocycles. The fraction of sp³-hybridized carbons (Fsp3) is 0.615. The van der Waals surface area contributed by atoms with Gasteiger partial charge in [-0.2, -0.15) is 0 Å². The summed E-state index contributed by atoms with van der Waals surface area (Å²) in [7, 11) is 0. The van der Waals surface area contributed by atoms with Crippen molar-refractivity contribution >= 4 is 16.7 Å². The van der Waals surface area contributed by atoms with E-state index in [-0.39, 0.29) is 5.92 Å². The van der Waals surface area contributed by atoms with Crippen molar-refractivity contribution in [3.63, 3.8) is 0 Å². The molecule has 0 spiro atoms. The average molecular weight is 425 g/mol. The van der Waals surface area contributed by atoms with Gasteiger partial charge in [-0.25, -0.2) is 0 Å². The third-order valence-electron chi connectivity index (χ3n) is 7.75. The quantitative estimate of drug-likeness (QED) is 0.634. The van der Waals surface area contributed by atoms with Crippen LogP contribution in [0, 0.1) is 17.3 Å². The monoisotopic (exact) mass is 424 g/mol. The molecule has 4 rings (SSSR count). The molecule has 0 amide bonds. The van der Waals surface area contributed by atoms with Gasteiger partial charge in [-0.3, -0.25) is 14.7 Å². The van der Waals surface area contributed by atoms with E-state index in [1.807, 2.05) is 6.20 Å². The zero-order valence-corrected chi connectivity index (χ0v) is 19.1. The molecule has 2 aliphatic rings. The van der Waals surface area contributed by atoms with Crippen LogP contribution in [-0.4, -0.2) is 40.2 Å². The van der Waals surface area contributed by atoms with Crippen LogP contribution in [0.25, 0.3) is 10.8 Å². The molecular formula is C26H36N2O3. The van der Waals surface area contributed by atoms with Crippen LogP contribution in [0.2, 0.25) is 0 Å². The van der Waals surface area contributed by atoms with Crippen molar-refractivity contribution in [2.24, 2.45) is 17.3 Å². The molecule has 1 atom stereocenters. The van der Waals surface area contributed by atoms with Crippen molar-refractivity contribution in [1.82, 2.24) is 9.88 Å². The number of rotatable bonds is 7. The topological polar surface area (TPSA) is 62.7 Å². The molecule has 1 aromatic heterocycles. The Balaban J connectivity index is 1.35. The fourth-order valence-corrected chi connectivity index (χ4v) is 5.18.